The summed E-state index contributed by atoms with van der Waals surface area (Å²) in [6.07, 6.45) is 4.56. The van der Waals surface area contributed by atoms with E-state index in [1.54, 1.807) is 0 Å². The zero-order valence-electron chi connectivity index (χ0n) is 12.9. The van der Waals surface area contributed by atoms with E-state index >= 15 is 0 Å². The third-order valence-electron chi connectivity index (χ3n) is 2.96. The van der Waals surface area contributed by atoms with Crippen LogP contribution in [0.3, 0.4) is 0 Å². The molecular weight excluding hydrogens is 417 g/mol. The zero-order chi connectivity index (χ0) is 14.8. The van der Waals surface area contributed by atoms with E-state index in [2.05, 4.69) is 21.5 Å². The first-order chi connectivity index (χ1) is 9.67. The summed E-state index contributed by atoms with van der Waals surface area (Å²) in [5.41, 5.74) is 1.22. The number of nitrogens with one attached hydrogen (secondary N) is 1. The van der Waals surface area contributed by atoms with Gasteiger partial charge in [0.15, 0.2) is 5.96 Å². The Labute approximate surface area is 154 Å². The number of thioether (sulfide) groups is 1. The van der Waals surface area contributed by atoms with Crippen LogP contribution in [0.25, 0.3) is 0 Å². The Morgan fingerprint density at radius 2 is 1.95 bits per heavy atom. The monoisotopic (exact) mass is 441 g/mol. The smallest absolute Gasteiger partial charge is 0.193 e. The van der Waals surface area contributed by atoms with Crippen LogP contribution in [-0.2, 0) is 6.54 Å². The number of hydrogen-bond acceptors (Lipinski definition) is 2. The van der Waals surface area contributed by atoms with Gasteiger partial charge in [0.25, 0.3) is 0 Å². The summed E-state index contributed by atoms with van der Waals surface area (Å²) < 4.78 is 0. The van der Waals surface area contributed by atoms with Gasteiger partial charge in [0.2, 0.25) is 0 Å². The topological polar surface area (TPSA) is 27.6 Å². The van der Waals surface area contributed by atoms with Gasteiger partial charge in [-0.1, -0.05) is 23.7 Å². The predicted molar refractivity (Wildman–Crippen MR) is 107 cm³/mol. The van der Waals surface area contributed by atoms with Crippen molar-refractivity contribution in [3.05, 3.63) is 34.9 Å². The molecule has 0 unspecified atom stereocenters. The molecule has 0 aromatic heterocycles. The third-order valence-corrected chi connectivity index (χ3v) is 3.91. The highest BCUT2D eigenvalue weighted by atomic mass is 127. The molecular formula is C15H25ClIN3S. The van der Waals surface area contributed by atoms with Gasteiger partial charge in [-0.2, -0.15) is 11.8 Å². The molecule has 0 saturated heterocycles. The van der Waals surface area contributed by atoms with Crippen molar-refractivity contribution in [3.8, 4) is 0 Å². The van der Waals surface area contributed by atoms with E-state index in [0.29, 0.717) is 0 Å². The molecule has 0 bridgehead atoms. The molecule has 3 nitrogen and oxygen atoms in total. The van der Waals surface area contributed by atoms with E-state index < -0.39 is 0 Å². The molecule has 21 heavy (non-hydrogen) atoms. The number of nitrogens with zero attached hydrogens (tertiary/aromatic N) is 2. The minimum absolute atomic E-state index is 0. The van der Waals surface area contributed by atoms with Gasteiger partial charge < -0.3 is 10.2 Å². The molecule has 0 radical (unpaired) electrons. The fourth-order valence-electron chi connectivity index (χ4n) is 1.89. The molecule has 0 amide bonds. The fourth-order valence-corrected chi connectivity index (χ4v) is 2.51. The second kappa shape index (κ2) is 12.4. The average Bonchev–Trinajstić information content (AvgIpc) is 2.45. The van der Waals surface area contributed by atoms with Gasteiger partial charge in [-0.25, -0.2) is 0 Å². The first-order valence-corrected chi connectivity index (χ1v) is 8.59. The lowest BCUT2D eigenvalue weighted by molar-refractivity contribution is 0.475. The van der Waals surface area contributed by atoms with Gasteiger partial charge in [0.05, 0.1) is 0 Å². The largest absolute Gasteiger partial charge is 0.356 e. The highest BCUT2D eigenvalue weighted by Gasteiger charge is 2.05. The summed E-state index contributed by atoms with van der Waals surface area (Å²) >= 11 is 7.79. The molecule has 0 atom stereocenters. The Balaban J connectivity index is 0.00000400. The van der Waals surface area contributed by atoms with Crippen LogP contribution in [-0.4, -0.2) is 43.5 Å². The van der Waals surface area contributed by atoms with E-state index in [0.717, 1.165) is 24.1 Å². The minimum atomic E-state index is 0. The zero-order valence-corrected chi connectivity index (χ0v) is 16.8. The van der Waals surface area contributed by atoms with E-state index in [1.807, 2.05) is 50.1 Å². The van der Waals surface area contributed by atoms with Gasteiger partial charge in [0, 0.05) is 32.2 Å². The van der Waals surface area contributed by atoms with Crippen molar-refractivity contribution in [1.29, 1.82) is 0 Å². The number of guanidine groups is 1. The second-order valence-electron chi connectivity index (χ2n) is 4.66. The summed E-state index contributed by atoms with van der Waals surface area (Å²) in [7, 11) is 3.87. The molecule has 0 fully saturated rings. The number of halogens is 2. The number of unbranched alkanes of at least 4 members (excludes halogenated alkanes) is 1. The molecule has 120 valence electrons. The van der Waals surface area contributed by atoms with E-state index in [4.69, 9.17) is 11.6 Å². The van der Waals surface area contributed by atoms with E-state index in [9.17, 15) is 0 Å². The van der Waals surface area contributed by atoms with Gasteiger partial charge in [-0.15, -0.1) is 24.0 Å². The average molecular weight is 442 g/mol. The van der Waals surface area contributed by atoms with Gasteiger partial charge in [0.1, 0.15) is 0 Å². The molecule has 1 rings (SSSR count). The molecule has 6 heteroatoms. The lowest BCUT2D eigenvalue weighted by Crippen LogP contribution is -2.38. The van der Waals surface area contributed by atoms with Crippen LogP contribution in [0.4, 0.5) is 0 Å². The fraction of sp³-hybridized carbons (Fsp3) is 0.533. The van der Waals surface area contributed by atoms with Crippen LogP contribution in [0.5, 0.6) is 0 Å². The molecule has 0 spiro atoms. The van der Waals surface area contributed by atoms with Crippen LogP contribution < -0.4 is 5.32 Å². The number of rotatable bonds is 7. The maximum absolute atomic E-state index is 5.90. The second-order valence-corrected chi connectivity index (χ2v) is 6.08. The van der Waals surface area contributed by atoms with Crippen molar-refractivity contribution in [1.82, 2.24) is 10.2 Å². The molecule has 0 saturated carbocycles. The highest BCUT2D eigenvalue weighted by molar-refractivity contribution is 14.0. The van der Waals surface area contributed by atoms with Gasteiger partial charge >= 0.3 is 0 Å². The van der Waals surface area contributed by atoms with Gasteiger partial charge in [-0.3, -0.25) is 4.99 Å². The highest BCUT2D eigenvalue weighted by Crippen LogP contribution is 2.11. The normalized spacial score (nSPS) is 11.0. The number of hydrogen-bond donors (Lipinski definition) is 1. The van der Waals surface area contributed by atoms with Crippen LogP contribution in [0.15, 0.2) is 29.3 Å². The van der Waals surface area contributed by atoms with Crippen molar-refractivity contribution in [2.45, 2.75) is 19.4 Å². The van der Waals surface area contributed by atoms with E-state index in [-0.39, 0.29) is 24.0 Å². The number of aliphatic imine (C=N–C) groups is 1. The Bertz CT molecular complexity index is 412. The molecule has 0 aliphatic heterocycles. The maximum Gasteiger partial charge on any atom is 0.193 e. The van der Waals surface area contributed by atoms with Crippen molar-refractivity contribution in [3.63, 3.8) is 0 Å². The standard InChI is InChI=1S/C15H24ClN3S.HI/c1-17-15(18-10-4-5-11-20-3)19(2)12-13-6-8-14(16)9-7-13;/h6-9H,4-5,10-12H2,1-3H3,(H,17,18);1H. The Hall–Kier alpha value is -0.140. The predicted octanol–water partition coefficient (Wildman–Crippen LogP) is 4.11. The molecule has 0 heterocycles. The first-order valence-electron chi connectivity index (χ1n) is 6.82. The Kier molecular flexibility index (Phi) is 12.3. The summed E-state index contributed by atoms with van der Waals surface area (Å²) in [4.78, 5) is 6.44. The first kappa shape index (κ1) is 20.9. The van der Waals surface area contributed by atoms with Crippen LogP contribution in [0.2, 0.25) is 5.02 Å². The molecule has 1 aromatic rings. The summed E-state index contributed by atoms with van der Waals surface area (Å²) in [6, 6.07) is 7.93. The van der Waals surface area contributed by atoms with Crippen LogP contribution in [0.1, 0.15) is 18.4 Å². The summed E-state index contributed by atoms with van der Waals surface area (Å²) in [5, 5.41) is 4.17. The maximum atomic E-state index is 5.90. The lowest BCUT2D eigenvalue weighted by Gasteiger charge is -2.22. The minimum Gasteiger partial charge on any atom is -0.356 e. The SMILES string of the molecule is CN=C(NCCCCSC)N(C)Cc1ccc(Cl)cc1.I. The Morgan fingerprint density at radius 1 is 1.29 bits per heavy atom. The van der Waals surface area contributed by atoms with E-state index in [1.165, 1.54) is 24.2 Å². The van der Waals surface area contributed by atoms with Crippen LogP contribution in [0, 0.1) is 0 Å². The molecule has 1 N–H and O–H groups in total. The Morgan fingerprint density at radius 3 is 2.52 bits per heavy atom. The molecule has 1 aromatic carbocycles. The summed E-state index contributed by atoms with van der Waals surface area (Å²) in [5.74, 6) is 2.16. The van der Waals surface area contributed by atoms with Crippen molar-refractivity contribution in [2.24, 2.45) is 4.99 Å². The summed E-state index contributed by atoms with van der Waals surface area (Å²) in [6.45, 7) is 1.79. The quantitative estimate of drug-likeness (QED) is 0.299. The van der Waals surface area contributed by atoms with Crippen molar-refractivity contribution < 1.29 is 0 Å². The van der Waals surface area contributed by atoms with Gasteiger partial charge in [-0.05, 0) is 42.5 Å². The lowest BCUT2D eigenvalue weighted by atomic mass is 10.2. The van der Waals surface area contributed by atoms with Crippen molar-refractivity contribution >= 4 is 53.3 Å². The van der Waals surface area contributed by atoms with Crippen molar-refractivity contribution in [2.75, 3.05) is 32.6 Å². The van der Waals surface area contributed by atoms with Crippen LogP contribution >= 0.6 is 47.3 Å². The molecule has 0 aliphatic carbocycles. The third kappa shape index (κ3) is 8.78. The number of benzene rings is 1. The molecule has 0 aliphatic rings.